The average Bonchev–Trinajstić information content (AvgIpc) is 3.57. The largest absolute Gasteiger partial charge is 0.310 e. The van der Waals surface area contributed by atoms with Crippen molar-refractivity contribution >= 4 is 38.6 Å². The monoisotopic (exact) mass is 735 g/mol. The van der Waals surface area contributed by atoms with Crippen LogP contribution in [0.3, 0.4) is 0 Å². The highest BCUT2D eigenvalue weighted by molar-refractivity contribution is 6.19. The quantitative estimate of drug-likeness (QED) is 0.163. The lowest BCUT2D eigenvalue weighted by Crippen LogP contribution is -2.30. The van der Waals surface area contributed by atoms with Crippen LogP contribution >= 0.6 is 0 Å². The summed E-state index contributed by atoms with van der Waals surface area (Å²) in [5, 5.41) is 5.15. The van der Waals surface area contributed by atoms with Gasteiger partial charge in [-0.25, -0.2) is 0 Å². The summed E-state index contributed by atoms with van der Waals surface area (Å²) in [6.07, 6.45) is 0. The minimum atomic E-state index is -0.655. The third-order valence-electron chi connectivity index (χ3n) is 12.7. The van der Waals surface area contributed by atoms with Crippen molar-refractivity contribution in [2.75, 3.05) is 4.90 Å². The van der Waals surface area contributed by atoms with Crippen LogP contribution in [0.1, 0.15) is 22.3 Å². The predicted octanol–water partition coefficient (Wildman–Crippen LogP) is 15.1. The second-order valence-corrected chi connectivity index (χ2v) is 15.5. The summed E-state index contributed by atoms with van der Waals surface area (Å²) < 4.78 is 0. The molecule has 0 radical (unpaired) electrons. The zero-order chi connectivity index (χ0) is 38.2. The highest BCUT2D eigenvalue weighted by atomic mass is 15.1. The molecule has 0 amide bonds. The normalized spacial score (nSPS) is 14.6. The van der Waals surface area contributed by atoms with E-state index in [1.807, 2.05) is 0 Å². The Morgan fingerprint density at radius 1 is 0.293 bits per heavy atom. The van der Waals surface area contributed by atoms with Crippen LogP contribution in [0.15, 0.2) is 224 Å². The second kappa shape index (κ2) is 12.8. The molecule has 0 aliphatic heterocycles. The highest BCUT2D eigenvalue weighted by Crippen LogP contribution is 2.64. The Morgan fingerprint density at radius 3 is 1.48 bits per heavy atom. The van der Waals surface area contributed by atoms with E-state index >= 15 is 0 Å². The first kappa shape index (κ1) is 32.7. The van der Waals surface area contributed by atoms with Crippen LogP contribution in [-0.4, -0.2) is 0 Å². The zero-order valence-corrected chi connectivity index (χ0v) is 31.8. The number of fused-ring (bicyclic) bond motifs is 17. The van der Waals surface area contributed by atoms with Gasteiger partial charge in [0.2, 0.25) is 0 Å². The highest BCUT2D eigenvalue weighted by Gasteiger charge is 2.51. The molecule has 0 bridgehead atoms. The van der Waals surface area contributed by atoms with E-state index in [4.69, 9.17) is 0 Å². The van der Waals surface area contributed by atoms with E-state index in [9.17, 15) is 0 Å². The maximum atomic E-state index is 2.53. The van der Waals surface area contributed by atoms with Crippen LogP contribution in [-0.2, 0) is 5.41 Å². The number of rotatable bonds is 4. The van der Waals surface area contributed by atoms with Gasteiger partial charge in [0.1, 0.15) is 0 Å². The molecule has 1 atom stereocenters. The van der Waals surface area contributed by atoms with E-state index in [1.54, 1.807) is 0 Å². The van der Waals surface area contributed by atoms with Crippen LogP contribution in [0.25, 0.3) is 66.1 Å². The third-order valence-corrected chi connectivity index (χ3v) is 12.7. The maximum Gasteiger partial charge on any atom is 0.0732 e. The smallest absolute Gasteiger partial charge is 0.0732 e. The molecule has 1 heteroatoms. The Kier molecular flexibility index (Phi) is 7.21. The fourth-order valence-corrected chi connectivity index (χ4v) is 10.4. The van der Waals surface area contributed by atoms with E-state index in [-0.39, 0.29) is 0 Å². The summed E-state index contributed by atoms with van der Waals surface area (Å²) in [7, 11) is 0. The fourth-order valence-electron chi connectivity index (χ4n) is 10.4. The Balaban J connectivity index is 1.27. The molecular formula is C57H37N. The first-order chi connectivity index (χ1) is 28.8. The van der Waals surface area contributed by atoms with Gasteiger partial charge in [-0.05, 0) is 113 Å². The maximum absolute atomic E-state index is 2.53. The molecule has 10 aromatic rings. The molecule has 0 aromatic heterocycles. The summed E-state index contributed by atoms with van der Waals surface area (Å²) in [6, 6.07) is 83.3. The van der Waals surface area contributed by atoms with Crippen LogP contribution in [0, 0.1) is 0 Å². The van der Waals surface area contributed by atoms with Crippen molar-refractivity contribution < 1.29 is 0 Å². The Hall–Kier alpha value is -7.48. The van der Waals surface area contributed by atoms with Crippen LogP contribution in [0.5, 0.6) is 0 Å². The molecule has 0 saturated heterocycles. The Morgan fingerprint density at radius 2 is 0.776 bits per heavy atom. The summed E-state index contributed by atoms with van der Waals surface area (Å²) in [5.41, 5.74) is 18.0. The van der Waals surface area contributed by atoms with Crippen molar-refractivity contribution in [3.05, 3.63) is 247 Å². The van der Waals surface area contributed by atoms with Crippen molar-refractivity contribution in [2.24, 2.45) is 0 Å². The van der Waals surface area contributed by atoms with Gasteiger partial charge in [0.05, 0.1) is 11.1 Å². The Bertz CT molecular complexity index is 3230. The molecule has 1 spiro atoms. The topological polar surface area (TPSA) is 3.24 Å². The van der Waals surface area contributed by atoms with Gasteiger partial charge in [-0.3, -0.25) is 0 Å². The standard InChI is InChI=1S/C57H37N/c1-3-19-38(20-4-1)41-23-15-18-34-54(41)58(39-21-5-2-6-22-39)40-35-36-47-43-25-8-7-24-42(43)46-28-13-16-32-51(46)57(53(47)37-40)52-33-17-14-31-50(52)55-48-29-11-9-26-44(48)45-27-10-12-30-49(45)56(55)57/h1-37H. The van der Waals surface area contributed by atoms with Crippen LogP contribution < -0.4 is 4.90 Å². The van der Waals surface area contributed by atoms with Gasteiger partial charge >= 0.3 is 0 Å². The molecule has 10 aromatic carbocycles. The van der Waals surface area contributed by atoms with Gasteiger partial charge in [-0.1, -0.05) is 194 Å². The average molecular weight is 736 g/mol. The first-order valence-electron chi connectivity index (χ1n) is 20.2. The number of para-hydroxylation sites is 2. The fraction of sp³-hybridized carbons (Fsp3) is 0.0175. The van der Waals surface area contributed by atoms with Crippen molar-refractivity contribution in [3.63, 3.8) is 0 Å². The molecule has 0 N–H and O–H groups in total. The van der Waals surface area contributed by atoms with Gasteiger partial charge in [-0.15, -0.1) is 0 Å². The summed E-state index contributed by atoms with van der Waals surface area (Å²) in [6.45, 7) is 0. The SMILES string of the molecule is c1ccc(-c2ccccc2N(c2ccccc2)c2ccc3c(c2)C2(c4ccccc4-c4ccccc4-3)c3ccccc3-c3c2c2ccccc2c2ccccc32)cc1. The molecular weight excluding hydrogens is 699 g/mol. The van der Waals surface area contributed by atoms with Crippen molar-refractivity contribution in [1.82, 2.24) is 0 Å². The summed E-state index contributed by atoms with van der Waals surface area (Å²) >= 11 is 0. The lowest BCUT2D eigenvalue weighted by atomic mass is 9.64. The summed E-state index contributed by atoms with van der Waals surface area (Å²) in [4.78, 5) is 2.46. The van der Waals surface area contributed by atoms with Crippen LogP contribution in [0.2, 0.25) is 0 Å². The molecule has 58 heavy (non-hydrogen) atoms. The Labute approximate surface area is 338 Å². The zero-order valence-electron chi connectivity index (χ0n) is 31.8. The van der Waals surface area contributed by atoms with Crippen LogP contribution in [0.4, 0.5) is 17.1 Å². The van der Waals surface area contributed by atoms with Crippen molar-refractivity contribution in [3.8, 4) is 44.5 Å². The lowest BCUT2D eigenvalue weighted by molar-refractivity contribution is 0.783. The number of nitrogens with zero attached hydrogens (tertiary/aromatic N) is 1. The van der Waals surface area contributed by atoms with Gasteiger partial charge in [0, 0.05) is 16.9 Å². The molecule has 0 fully saturated rings. The molecule has 0 saturated carbocycles. The first-order valence-corrected chi connectivity index (χ1v) is 20.2. The van der Waals surface area contributed by atoms with E-state index in [1.165, 1.54) is 88.3 Å². The molecule has 270 valence electrons. The molecule has 2 aliphatic rings. The molecule has 1 nitrogen and oxygen atoms in total. The molecule has 2 aliphatic carbocycles. The second-order valence-electron chi connectivity index (χ2n) is 15.5. The van der Waals surface area contributed by atoms with E-state index in [2.05, 4.69) is 229 Å². The third kappa shape index (κ3) is 4.53. The number of hydrogen-bond donors (Lipinski definition) is 0. The molecule has 1 unspecified atom stereocenters. The molecule has 0 heterocycles. The number of anilines is 3. The van der Waals surface area contributed by atoms with Gasteiger partial charge in [0.25, 0.3) is 0 Å². The number of hydrogen-bond acceptors (Lipinski definition) is 1. The lowest BCUT2D eigenvalue weighted by Gasteiger charge is -2.37. The van der Waals surface area contributed by atoms with Crippen molar-refractivity contribution in [1.29, 1.82) is 0 Å². The van der Waals surface area contributed by atoms with E-state index < -0.39 is 5.41 Å². The summed E-state index contributed by atoms with van der Waals surface area (Å²) in [5.74, 6) is 0. The van der Waals surface area contributed by atoms with E-state index in [0.29, 0.717) is 0 Å². The predicted molar refractivity (Wildman–Crippen MR) is 243 cm³/mol. The number of benzene rings is 10. The van der Waals surface area contributed by atoms with Gasteiger partial charge in [-0.2, -0.15) is 0 Å². The minimum Gasteiger partial charge on any atom is -0.310 e. The van der Waals surface area contributed by atoms with Gasteiger partial charge < -0.3 is 4.90 Å². The van der Waals surface area contributed by atoms with E-state index in [0.717, 1.165) is 17.1 Å². The van der Waals surface area contributed by atoms with Gasteiger partial charge in [0.15, 0.2) is 0 Å². The minimum absolute atomic E-state index is 0.655. The molecule has 12 rings (SSSR count). The van der Waals surface area contributed by atoms with Crippen molar-refractivity contribution in [2.45, 2.75) is 5.41 Å².